The first-order valence-corrected chi connectivity index (χ1v) is 19.1. The molecule has 2 heteroatoms. The summed E-state index contributed by atoms with van der Waals surface area (Å²) in [5, 5.41) is 4.84. The van der Waals surface area contributed by atoms with E-state index in [9.17, 15) is 0 Å². The Balaban J connectivity index is 1.21. The predicted molar refractivity (Wildman–Crippen MR) is 230 cm³/mol. The summed E-state index contributed by atoms with van der Waals surface area (Å²) >= 11 is 0. The van der Waals surface area contributed by atoms with Gasteiger partial charge in [-0.15, -0.1) is 0 Å². The van der Waals surface area contributed by atoms with E-state index in [1.807, 2.05) is 0 Å². The third-order valence-electron chi connectivity index (χ3n) is 11.9. The quantitative estimate of drug-likeness (QED) is 0.169. The highest BCUT2D eigenvalue weighted by Gasteiger charge is 2.36. The van der Waals surface area contributed by atoms with Gasteiger partial charge >= 0.3 is 0 Å². The van der Waals surface area contributed by atoms with E-state index >= 15 is 0 Å². The molecule has 1 aliphatic carbocycles. The molecule has 0 aromatic heterocycles. The van der Waals surface area contributed by atoms with E-state index in [-0.39, 0.29) is 5.41 Å². The zero-order chi connectivity index (χ0) is 36.7. The maximum Gasteiger partial charge on any atom is 0.159 e. The molecule has 9 aromatic rings. The number of hydrogen-bond acceptors (Lipinski definition) is 2. The second-order valence-electron chi connectivity index (χ2n) is 15.2. The molecular formula is C53H37NO. The van der Waals surface area contributed by atoms with E-state index in [1.54, 1.807) is 0 Å². The topological polar surface area (TPSA) is 12.5 Å². The number of benzene rings is 9. The van der Waals surface area contributed by atoms with Crippen molar-refractivity contribution < 1.29 is 4.74 Å². The Bertz CT molecular complexity index is 2990. The molecule has 0 saturated carbocycles. The van der Waals surface area contributed by atoms with Crippen molar-refractivity contribution in [3.8, 4) is 56.0 Å². The minimum Gasteiger partial charge on any atom is -0.454 e. The number of anilines is 3. The van der Waals surface area contributed by atoms with Gasteiger partial charge in [0.05, 0.1) is 11.4 Å². The molecule has 9 aromatic carbocycles. The third-order valence-corrected chi connectivity index (χ3v) is 11.9. The van der Waals surface area contributed by atoms with E-state index in [1.165, 1.54) is 43.8 Å². The van der Waals surface area contributed by atoms with Crippen LogP contribution in [0.5, 0.6) is 11.5 Å². The van der Waals surface area contributed by atoms with Crippen LogP contribution in [0.1, 0.15) is 25.0 Å². The Labute approximate surface area is 321 Å². The predicted octanol–water partition coefficient (Wildman–Crippen LogP) is 14.9. The van der Waals surface area contributed by atoms with Crippen molar-refractivity contribution in [1.29, 1.82) is 0 Å². The van der Waals surface area contributed by atoms with Crippen LogP contribution in [0.3, 0.4) is 0 Å². The second kappa shape index (κ2) is 12.1. The summed E-state index contributed by atoms with van der Waals surface area (Å²) in [6, 6.07) is 68.3. The fourth-order valence-corrected chi connectivity index (χ4v) is 9.28. The van der Waals surface area contributed by atoms with Gasteiger partial charge in [-0.2, -0.15) is 0 Å². The SMILES string of the molecule is CC1(C)c2ccccc2-c2ccc(N(c3cccc4c3Oc3cccc(-c5ccccc5)c3-c3ccccc3-4)c3cc4ccccc4c4ccccc34)cc21. The van der Waals surface area contributed by atoms with Gasteiger partial charge in [-0.1, -0.05) is 172 Å². The molecule has 11 rings (SSSR count). The lowest BCUT2D eigenvalue weighted by molar-refractivity contribution is 0.489. The molecule has 2 aliphatic rings. The molecule has 0 N–H and O–H groups in total. The first kappa shape index (κ1) is 31.6. The summed E-state index contributed by atoms with van der Waals surface area (Å²) in [6.45, 7) is 4.71. The van der Waals surface area contributed by atoms with Crippen molar-refractivity contribution in [1.82, 2.24) is 0 Å². The van der Waals surface area contributed by atoms with Crippen LogP contribution in [-0.4, -0.2) is 0 Å². The summed E-state index contributed by atoms with van der Waals surface area (Å²) in [6.07, 6.45) is 0. The van der Waals surface area contributed by atoms with Gasteiger partial charge in [-0.05, 0) is 91.0 Å². The number of ether oxygens (including phenoxy) is 1. The first-order valence-electron chi connectivity index (χ1n) is 19.1. The minimum absolute atomic E-state index is 0.158. The zero-order valence-corrected chi connectivity index (χ0v) is 30.8. The average Bonchev–Trinajstić information content (AvgIpc) is 3.36. The smallest absolute Gasteiger partial charge is 0.159 e. The summed E-state index contributed by atoms with van der Waals surface area (Å²) in [4.78, 5) is 2.45. The largest absolute Gasteiger partial charge is 0.454 e. The van der Waals surface area contributed by atoms with E-state index in [2.05, 4.69) is 207 Å². The van der Waals surface area contributed by atoms with E-state index in [0.29, 0.717) is 0 Å². The number of nitrogens with zero attached hydrogens (tertiary/aromatic N) is 1. The van der Waals surface area contributed by atoms with Crippen LogP contribution in [0.2, 0.25) is 0 Å². The van der Waals surface area contributed by atoms with E-state index in [4.69, 9.17) is 4.74 Å². The molecular weight excluding hydrogens is 667 g/mol. The lowest BCUT2D eigenvalue weighted by atomic mass is 9.82. The van der Waals surface area contributed by atoms with Crippen molar-refractivity contribution in [3.63, 3.8) is 0 Å². The molecule has 0 fully saturated rings. The maximum absolute atomic E-state index is 7.34. The Morgan fingerprint density at radius 3 is 1.91 bits per heavy atom. The van der Waals surface area contributed by atoms with Gasteiger partial charge in [0.1, 0.15) is 5.75 Å². The minimum atomic E-state index is -0.158. The van der Waals surface area contributed by atoms with Crippen molar-refractivity contribution in [2.75, 3.05) is 4.90 Å². The molecule has 1 heterocycles. The van der Waals surface area contributed by atoms with Crippen molar-refractivity contribution in [3.05, 3.63) is 199 Å². The second-order valence-corrected chi connectivity index (χ2v) is 15.2. The standard InChI is InChI=1S/C53H37NO/c1-53(2)46-27-13-12-22-41(46)42-31-30-36(33-47(42)53)54(49-32-35-18-6-7-19-37(35)39-20-8-10-23-43(39)49)48-28-14-26-45-40-21-9-11-24-44(40)51-38(34-16-4-3-5-17-34)25-15-29-50(51)55-52(45)48/h3-33H,1-2H3. The Morgan fingerprint density at radius 2 is 1.05 bits per heavy atom. The molecule has 0 saturated heterocycles. The van der Waals surface area contributed by atoms with Crippen molar-refractivity contribution >= 4 is 38.6 Å². The average molecular weight is 704 g/mol. The molecule has 0 atom stereocenters. The number of fused-ring (bicyclic) bond motifs is 11. The van der Waals surface area contributed by atoms with E-state index in [0.717, 1.165) is 61.9 Å². The van der Waals surface area contributed by atoms with Crippen LogP contribution in [0.15, 0.2) is 188 Å². The van der Waals surface area contributed by atoms with Crippen LogP contribution in [0, 0.1) is 0 Å². The van der Waals surface area contributed by atoms with Crippen molar-refractivity contribution in [2.45, 2.75) is 19.3 Å². The maximum atomic E-state index is 7.34. The van der Waals surface area contributed by atoms with E-state index < -0.39 is 0 Å². The van der Waals surface area contributed by atoms with Crippen molar-refractivity contribution in [2.24, 2.45) is 0 Å². The molecule has 2 nitrogen and oxygen atoms in total. The molecule has 0 unspecified atom stereocenters. The Morgan fingerprint density at radius 1 is 0.418 bits per heavy atom. The molecule has 260 valence electrons. The highest BCUT2D eigenvalue weighted by molar-refractivity contribution is 6.15. The molecule has 1 aliphatic heterocycles. The van der Waals surface area contributed by atoms with Gasteiger partial charge in [-0.25, -0.2) is 0 Å². The van der Waals surface area contributed by atoms with Gasteiger partial charge in [0, 0.05) is 27.6 Å². The fraction of sp³-hybridized carbons (Fsp3) is 0.0566. The zero-order valence-electron chi connectivity index (χ0n) is 30.8. The van der Waals surface area contributed by atoms with Crippen LogP contribution < -0.4 is 9.64 Å². The monoisotopic (exact) mass is 703 g/mol. The molecule has 0 bridgehead atoms. The highest BCUT2D eigenvalue weighted by atomic mass is 16.5. The first-order chi connectivity index (χ1) is 27.1. The summed E-state index contributed by atoms with van der Waals surface area (Å²) < 4.78 is 7.34. The lowest BCUT2D eigenvalue weighted by Gasteiger charge is -2.31. The van der Waals surface area contributed by atoms with Gasteiger partial charge in [-0.3, -0.25) is 0 Å². The molecule has 55 heavy (non-hydrogen) atoms. The molecule has 0 spiro atoms. The summed E-state index contributed by atoms with van der Waals surface area (Å²) in [7, 11) is 0. The number of hydrogen-bond donors (Lipinski definition) is 0. The van der Waals surface area contributed by atoms with Crippen LogP contribution in [0.25, 0.3) is 66.1 Å². The molecule has 0 amide bonds. The van der Waals surface area contributed by atoms with Gasteiger partial charge in [0.15, 0.2) is 5.75 Å². The van der Waals surface area contributed by atoms with Gasteiger partial charge in [0.25, 0.3) is 0 Å². The van der Waals surface area contributed by atoms with Crippen LogP contribution in [-0.2, 0) is 5.41 Å². The number of rotatable bonds is 4. The summed E-state index contributed by atoms with van der Waals surface area (Å²) in [5.74, 6) is 1.67. The van der Waals surface area contributed by atoms with Crippen LogP contribution in [0.4, 0.5) is 17.1 Å². The van der Waals surface area contributed by atoms with Crippen LogP contribution >= 0.6 is 0 Å². The molecule has 0 radical (unpaired) electrons. The summed E-state index contributed by atoms with van der Waals surface area (Å²) in [5.41, 5.74) is 15.1. The normalized spacial score (nSPS) is 13.2. The fourth-order valence-electron chi connectivity index (χ4n) is 9.28. The Hall–Kier alpha value is -6.90. The highest BCUT2D eigenvalue weighted by Crippen LogP contribution is 2.56. The van der Waals surface area contributed by atoms with Gasteiger partial charge in [0.2, 0.25) is 0 Å². The Kier molecular flexibility index (Phi) is 6.93. The number of para-hydroxylation sites is 1. The van der Waals surface area contributed by atoms with Gasteiger partial charge < -0.3 is 9.64 Å². The lowest BCUT2D eigenvalue weighted by Crippen LogP contribution is -2.17. The third kappa shape index (κ3) is 4.74.